The van der Waals surface area contributed by atoms with Crippen LogP contribution in [-0.2, 0) is 28.6 Å². The lowest BCUT2D eigenvalue weighted by Crippen LogP contribution is -2.30. The van der Waals surface area contributed by atoms with Gasteiger partial charge in [-0.3, -0.25) is 14.4 Å². The van der Waals surface area contributed by atoms with Crippen LogP contribution in [0.1, 0.15) is 316 Å². The van der Waals surface area contributed by atoms with E-state index in [0.29, 0.717) is 19.3 Å². The average Bonchev–Trinajstić information content (AvgIpc) is 3.37. The molecule has 0 aliphatic carbocycles. The van der Waals surface area contributed by atoms with Crippen LogP contribution in [0.5, 0.6) is 0 Å². The van der Waals surface area contributed by atoms with Gasteiger partial charge in [0.2, 0.25) is 0 Å². The van der Waals surface area contributed by atoms with Crippen LogP contribution in [0.15, 0.2) is 60.8 Å². The molecule has 0 amide bonds. The first-order valence-corrected chi connectivity index (χ1v) is 30.8. The van der Waals surface area contributed by atoms with Gasteiger partial charge < -0.3 is 14.2 Å². The molecule has 0 aromatic carbocycles. The molecule has 6 heteroatoms. The molecule has 0 radical (unpaired) electrons. The second kappa shape index (κ2) is 59.7. The van der Waals surface area contributed by atoms with Crippen molar-refractivity contribution in [3.8, 4) is 0 Å². The topological polar surface area (TPSA) is 78.9 Å². The van der Waals surface area contributed by atoms with Crippen molar-refractivity contribution in [1.29, 1.82) is 0 Å². The lowest BCUT2D eigenvalue weighted by atomic mass is 10.0. The van der Waals surface area contributed by atoms with E-state index in [0.717, 1.165) is 89.9 Å². The maximum Gasteiger partial charge on any atom is 0.306 e. The van der Waals surface area contributed by atoms with E-state index in [9.17, 15) is 14.4 Å². The summed E-state index contributed by atoms with van der Waals surface area (Å²) in [5, 5.41) is 0. The number of allylic oxidation sites excluding steroid dienone is 10. The molecule has 0 fully saturated rings. The van der Waals surface area contributed by atoms with Gasteiger partial charge in [0.25, 0.3) is 0 Å². The minimum absolute atomic E-state index is 0.0742. The number of unbranched alkanes of at least 4 members (excludes halogenated alkanes) is 35. The zero-order valence-corrected chi connectivity index (χ0v) is 47.2. The normalized spacial score (nSPS) is 12.4. The molecule has 412 valence electrons. The molecule has 1 atom stereocenters. The Bertz CT molecular complexity index is 1280. The monoisotopic (exact) mass is 993 g/mol. The SMILES string of the molecule is CC/C=C\C/C=C\C/C=C\C/C=C\CCCCCCCCCCC(=O)OCC(COC(=O)CCCCCCCCCCCCCCC)OC(=O)CCCCCCCCCCC/C=C\CCCCCCCC. The van der Waals surface area contributed by atoms with Crippen LogP contribution in [0.2, 0.25) is 0 Å². The van der Waals surface area contributed by atoms with Crippen molar-refractivity contribution in [3.05, 3.63) is 60.8 Å². The average molecular weight is 994 g/mol. The Kier molecular flexibility index (Phi) is 57.2. The summed E-state index contributed by atoms with van der Waals surface area (Å²) in [6, 6.07) is 0. The number of rotatable bonds is 56. The Balaban J connectivity index is 4.34. The fourth-order valence-corrected chi connectivity index (χ4v) is 8.90. The third kappa shape index (κ3) is 57.9. The molecular weight excluding hydrogens is 877 g/mol. The number of esters is 3. The molecule has 0 N–H and O–H groups in total. The molecule has 0 rings (SSSR count). The largest absolute Gasteiger partial charge is 0.462 e. The second-order valence-corrected chi connectivity index (χ2v) is 20.6. The first kappa shape index (κ1) is 68.1. The third-order valence-corrected chi connectivity index (χ3v) is 13.5. The van der Waals surface area contributed by atoms with E-state index >= 15 is 0 Å². The van der Waals surface area contributed by atoms with Crippen molar-refractivity contribution in [2.24, 2.45) is 0 Å². The molecule has 0 aliphatic rings. The molecule has 71 heavy (non-hydrogen) atoms. The summed E-state index contributed by atoms with van der Waals surface area (Å²) in [5.41, 5.74) is 0. The highest BCUT2D eigenvalue weighted by Gasteiger charge is 2.19. The van der Waals surface area contributed by atoms with E-state index in [1.807, 2.05) is 0 Å². The zero-order valence-electron chi connectivity index (χ0n) is 47.2. The third-order valence-electron chi connectivity index (χ3n) is 13.5. The molecule has 1 unspecified atom stereocenters. The van der Waals surface area contributed by atoms with Gasteiger partial charge in [0, 0.05) is 19.3 Å². The van der Waals surface area contributed by atoms with Crippen LogP contribution in [0.25, 0.3) is 0 Å². The summed E-state index contributed by atoms with van der Waals surface area (Å²) in [7, 11) is 0. The maximum atomic E-state index is 12.9. The molecule has 0 aliphatic heterocycles. The molecule has 0 spiro atoms. The molecule has 0 saturated carbocycles. The van der Waals surface area contributed by atoms with Crippen molar-refractivity contribution in [2.75, 3.05) is 13.2 Å². The highest BCUT2D eigenvalue weighted by atomic mass is 16.6. The Morgan fingerprint density at radius 2 is 0.549 bits per heavy atom. The Morgan fingerprint density at radius 1 is 0.296 bits per heavy atom. The molecule has 0 aromatic rings. The van der Waals surface area contributed by atoms with Crippen molar-refractivity contribution < 1.29 is 28.6 Å². The van der Waals surface area contributed by atoms with Crippen molar-refractivity contribution in [3.63, 3.8) is 0 Å². The van der Waals surface area contributed by atoms with E-state index in [1.165, 1.54) is 186 Å². The van der Waals surface area contributed by atoms with E-state index in [-0.39, 0.29) is 31.1 Å². The number of ether oxygens (including phenoxy) is 3. The number of hydrogen-bond acceptors (Lipinski definition) is 6. The van der Waals surface area contributed by atoms with Gasteiger partial charge >= 0.3 is 17.9 Å². The van der Waals surface area contributed by atoms with Gasteiger partial charge in [-0.2, -0.15) is 0 Å². The summed E-state index contributed by atoms with van der Waals surface area (Å²) in [5.74, 6) is -0.868. The first-order valence-electron chi connectivity index (χ1n) is 30.8. The van der Waals surface area contributed by atoms with Gasteiger partial charge in [-0.15, -0.1) is 0 Å². The van der Waals surface area contributed by atoms with Gasteiger partial charge in [0.1, 0.15) is 13.2 Å². The Labute approximate surface area is 440 Å². The number of carbonyl (C=O) groups excluding carboxylic acids is 3. The first-order chi connectivity index (χ1) is 35.0. The van der Waals surface area contributed by atoms with E-state index in [4.69, 9.17) is 14.2 Å². The van der Waals surface area contributed by atoms with Crippen LogP contribution in [0.4, 0.5) is 0 Å². The summed E-state index contributed by atoms with van der Waals surface area (Å²) < 4.78 is 16.9. The molecule has 6 nitrogen and oxygen atoms in total. The second-order valence-electron chi connectivity index (χ2n) is 20.6. The quantitative estimate of drug-likeness (QED) is 0.0261. The molecule has 0 aromatic heterocycles. The molecular formula is C65H116O6. The molecule has 0 heterocycles. The van der Waals surface area contributed by atoms with Crippen LogP contribution in [-0.4, -0.2) is 37.2 Å². The highest BCUT2D eigenvalue weighted by molar-refractivity contribution is 5.71. The smallest absolute Gasteiger partial charge is 0.306 e. The summed E-state index contributed by atoms with van der Waals surface area (Å²) >= 11 is 0. The van der Waals surface area contributed by atoms with Gasteiger partial charge in [0.05, 0.1) is 0 Å². The number of hydrogen-bond donors (Lipinski definition) is 0. The minimum atomic E-state index is -0.777. The molecule has 0 saturated heterocycles. The fourth-order valence-electron chi connectivity index (χ4n) is 8.90. The zero-order chi connectivity index (χ0) is 51.4. The van der Waals surface area contributed by atoms with Crippen LogP contribution >= 0.6 is 0 Å². The van der Waals surface area contributed by atoms with Gasteiger partial charge in [-0.1, -0.05) is 274 Å². The van der Waals surface area contributed by atoms with Crippen molar-refractivity contribution in [1.82, 2.24) is 0 Å². The lowest BCUT2D eigenvalue weighted by Gasteiger charge is -2.18. The van der Waals surface area contributed by atoms with Crippen LogP contribution in [0.3, 0.4) is 0 Å². The van der Waals surface area contributed by atoms with Gasteiger partial charge in [0.15, 0.2) is 6.10 Å². The van der Waals surface area contributed by atoms with Crippen molar-refractivity contribution in [2.45, 2.75) is 322 Å². The van der Waals surface area contributed by atoms with Gasteiger partial charge in [-0.05, 0) is 83.5 Å². The van der Waals surface area contributed by atoms with E-state index < -0.39 is 6.10 Å². The van der Waals surface area contributed by atoms with Crippen LogP contribution in [0, 0.1) is 0 Å². The molecule has 0 bridgehead atoms. The van der Waals surface area contributed by atoms with Crippen molar-refractivity contribution >= 4 is 17.9 Å². The van der Waals surface area contributed by atoms with E-state index in [2.05, 4.69) is 81.5 Å². The fraction of sp³-hybridized carbons (Fsp3) is 0.800. The predicted octanol–water partition coefficient (Wildman–Crippen LogP) is 20.8. The Hall–Kier alpha value is -2.89. The summed E-state index contributed by atoms with van der Waals surface area (Å²) in [6.07, 6.45) is 75.0. The Morgan fingerprint density at radius 3 is 0.873 bits per heavy atom. The summed E-state index contributed by atoms with van der Waals surface area (Å²) in [4.78, 5) is 38.2. The maximum absolute atomic E-state index is 12.9. The van der Waals surface area contributed by atoms with E-state index in [1.54, 1.807) is 0 Å². The van der Waals surface area contributed by atoms with Crippen LogP contribution < -0.4 is 0 Å². The number of carbonyl (C=O) groups is 3. The predicted molar refractivity (Wildman–Crippen MR) is 307 cm³/mol. The highest BCUT2D eigenvalue weighted by Crippen LogP contribution is 2.16. The minimum Gasteiger partial charge on any atom is -0.462 e. The lowest BCUT2D eigenvalue weighted by molar-refractivity contribution is -0.167. The van der Waals surface area contributed by atoms with Gasteiger partial charge in [-0.25, -0.2) is 0 Å². The standard InChI is InChI=1S/C65H116O6/c1-4-7-10-13-16-19-22-25-27-29-31-32-34-35-37-40-43-46-49-52-55-58-64(67)70-61-62(60-69-63(66)57-54-51-48-45-42-39-24-21-18-15-12-9-6-3)71-65(68)59-56-53-50-47-44-41-38-36-33-30-28-26-23-20-17-14-11-8-5-2/h7,10,16,19,25-28,31-32,62H,4-6,8-9,11-15,17-18,20-24,29-30,33-61H2,1-3H3/b10-7-,19-16-,27-25-,28-26-,32-31-. The summed E-state index contributed by atoms with van der Waals surface area (Å²) in [6.45, 7) is 6.55.